The van der Waals surface area contributed by atoms with Gasteiger partial charge in [-0.3, -0.25) is 14.7 Å². The van der Waals surface area contributed by atoms with Gasteiger partial charge >= 0.3 is 0 Å². The maximum Gasteiger partial charge on any atom is 0.257 e. The summed E-state index contributed by atoms with van der Waals surface area (Å²) in [7, 11) is 0. The van der Waals surface area contributed by atoms with Gasteiger partial charge < -0.3 is 4.90 Å². The van der Waals surface area contributed by atoms with Crippen LogP contribution >= 0.6 is 0 Å². The van der Waals surface area contributed by atoms with Crippen LogP contribution in [-0.4, -0.2) is 56.8 Å². The van der Waals surface area contributed by atoms with Gasteiger partial charge in [0.25, 0.3) is 5.91 Å². The van der Waals surface area contributed by atoms with Gasteiger partial charge in [-0.2, -0.15) is 0 Å². The van der Waals surface area contributed by atoms with E-state index < -0.39 is 0 Å². The van der Waals surface area contributed by atoms with Gasteiger partial charge in [0.05, 0.1) is 11.3 Å². The van der Waals surface area contributed by atoms with E-state index in [2.05, 4.69) is 25.9 Å². The normalized spacial score (nSPS) is 23.5. The Morgan fingerprint density at radius 3 is 2.59 bits per heavy atom. The molecule has 0 aromatic carbocycles. The number of hydrogen-bond acceptors (Lipinski definition) is 5. The van der Waals surface area contributed by atoms with Crippen molar-refractivity contribution < 1.29 is 4.79 Å². The number of carbonyl (C=O) groups excluding carboxylic acids is 1. The van der Waals surface area contributed by atoms with E-state index in [0.29, 0.717) is 11.4 Å². The van der Waals surface area contributed by atoms with Gasteiger partial charge in [-0.25, -0.2) is 9.97 Å². The number of aryl methyl sites for hydroxylation is 1. The summed E-state index contributed by atoms with van der Waals surface area (Å²) < 4.78 is 0. The summed E-state index contributed by atoms with van der Waals surface area (Å²) in [6, 6.07) is 6.10. The number of nitrogens with zero attached hydrogens (tertiary/aromatic N) is 5. The lowest BCUT2D eigenvalue weighted by atomic mass is 9.73. The van der Waals surface area contributed by atoms with Crippen molar-refractivity contribution in [3.63, 3.8) is 0 Å². The molecule has 2 aliphatic heterocycles. The first-order chi connectivity index (χ1) is 13.1. The third kappa shape index (κ3) is 4.16. The lowest BCUT2D eigenvalue weighted by Crippen LogP contribution is -2.53. The molecular weight excluding hydrogens is 338 g/mol. The fourth-order valence-corrected chi connectivity index (χ4v) is 4.57. The van der Waals surface area contributed by atoms with Crippen molar-refractivity contribution in [1.82, 2.24) is 24.8 Å². The average molecular weight is 365 g/mol. The predicted octanol–water partition coefficient (Wildman–Crippen LogP) is 2.70. The molecule has 142 valence electrons. The SMILES string of the molecule is Cc1ncc(C(=O)N2CCCC3(CCCN(Cc4ccccn4)C3)C2)cn1. The molecule has 0 bridgehead atoms. The van der Waals surface area contributed by atoms with Gasteiger partial charge in [-0.1, -0.05) is 6.07 Å². The summed E-state index contributed by atoms with van der Waals surface area (Å²) >= 11 is 0. The van der Waals surface area contributed by atoms with Gasteiger partial charge in [0.1, 0.15) is 5.82 Å². The molecule has 2 aliphatic rings. The zero-order valence-corrected chi connectivity index (χ0v) is 16.0. The number of aromatic nitrogens is 3. The van der Waals surface area contributed by atoms with E-state index in [-0.39, 0.29) is 11.3 Å². The van der Waals surface area contributed by atoms with Crippen molar-refractivity contribution in [2.24, 2.45) is 5.41 Å². The van der Waals surface area contributed by atoms with Crippen molar-refractivity contribution in [1.29, 1.82) is 0 Å². The van der Waals surface area contributed by atoms with E-state index in [9.17, 15) is 4.79 Å². The van der Waals surface area contributed by atoms with Crippen LogP contribution in [-0.2, 0) is 6.54 Å². The molecule has 0 aliphatic carbocycles. The van der Waals surface area contributed by atoms with Crippen molar-refractivity contribution in [2.45, 2.75) is 39.2 Å². The summed E-state index contributed by atoms with van der Waals surface area (Å²) in [5, 5.41) is 0. The predicted molar refractivity (Wildman–Crippen MR) is 103 cm³/mol. The van der Waals surface area contributed by atoms with Crippen molar-refractivity contribution in [3.8, 4) is 0 Å². The molecule has 4 heterocycles. The van der Waals surface area contributed by atoms with Gasteiger partial charge in [-0.15, -0.1) is 0 Å². The molecule has 0 saturated carbocycles. The topological polar surface area (TPSA) is 62.2 Å². The average Bonchev–Trinajstić information content (AvgIpc) is 2.69. The maximum atomic E-state index is 12.9. The fourth-order valence-electron chi connectivity index (χ4n) is 4.57. The van der Waals surface area contributed by atoms with Crippen molar-refractivity contribution in [3.05, 3.63) is 53.9 Å². The molecule has 4 rings (SSSR count). The zero-order chi connectivity index (χ0) is 18.7. The second-order valence-corrected chi connectivity index (χ2v) is 7.98. The highest BCUT2D eigenvalue weighted by atomic mass is 16.2. The van der Waals surface area contributed by atoms with Gasteiger partial charge in [0, 0.05) is 50.2 Å². The highest BCUT2D eigenvalue weighted by molar-refractivity contribution is 5.93. The molecule has 2 aromatic rings. The Hall–Kier alpha value is -2.34. The summed E-state index contributed by atoms with van der Waals surface area (Å²) in [6.07, 6.45) is 9.80. The van der Waals surface area contributed by atoms with Crippen LogP contribution in [0.5, 0.6) is 0 Å². The molecule has 1 unspecified atom stereocenters. The molecule has 0 N–H and O–H groups in total. The molecule has 1 spiro atoms. The molecule has 6 nitrogen and oxygen atoms in total. The standard InChI is InChI=1S/C21H27N5O/c1-17-23-12-18(13-24-17)20(27)26-11-5-8-21(16-26)7-4-10-25(15-21)14-19-6-2-3-9-22-19/h2-3,6,9,12-13H,4-5,7-8,10-11,14-16H2,1H3. The minimum absolute atomic E-state index is 0.0657. The zero-order valence-electron chi connectivity index (χ0n) is 16.0. The second-order valence-electron chi connectivity index (χ2n) is 7.98. The first kappa shape index (κ1) is 18.0. The summed E-state index contributed by atoms with van der Waals surface area (Å²) in [5.41, 5.74) is 1.92. The first-order valence-electron chi connectivity index (χ1n) is 9.84. The Balaban J connectivity index is 1.44. The second kappa shape index (κ2) is 7.72. The number of amides is 1. The van der Waals surface area contributed by atoms with E-state index in [1.165, 1.54) is 19.3 Å². The summed E-state index contributed by atoms with van der Waals surface area (Å²) in [6.45, 7) is 6.54. The minimum atomic E-state index is 0.0657. The van der Waals surface area contributed by atoms with Gasteiger partial charge in [0.2, 0.25) is 0 Å². The molecule has 1 atom stereocenters. The fraction of sp³-hybridized carbons (Fsp3) is 0.524. The summed E-state index contributed by atoms with van der Waals surface area (Å²) in [4.78, 5) is 30.3. The molecular formula is C21H27N5O. The Labute approximate surface area is 160 Å². The quantitative estimate of drug-likeness (QED) is 0.837. The van der Waals surface area contributed by atoms with Gasteiger partial charge in [-0.05, 0) is 51.3 Å². The van der Waals surface area contributed by atoms with E-state index >= 15 is 0 Å². The highest BCUT2D eigenvalue weighted by Gasteiger charge is 2.40. The molecule has 0 radical (unpaired) electrons. The van der Waals surface area contributed by atoms with Crippen LogP contribution in [0.25, 0.3) is 0 Å². The van der Waals surface area contributed by atoms with Crippen LogP contribution in [0.3, 0.4) is 0 Å². The number of hydrogen-bond donors (Lipinski definition) is 0. The molecule has 2 aromatic heterocycles. The van der Waals surface area contributed by atoms with Crippen LogP contribution in [0, 0.1) is 12.3 Å². The number of pyridine rings is 1. The number of piperidine rings is 2. The number of carbonyl (C=O) groups is 1. The monoisotopic (exact) mass is 365 g/mol. The van der Waals surface area contributed by atoms with Crippen LogP contribution in [0.4, 0.5) is 0 Å². The van der Waals surface area contributed by atoms with Crippen molar-refractivity contribution >= 4 is 5.91 Å². The van der Waals surface area contributed by atoms with E-state index in [1.54, 1.807) is 12.4 Å². The minimum Gasteiger partial charge on any atom is -0.338 e. The Bertz CT molecular complexity index is 775. The third-order valence-corrected chi connectivity index (χ3v) is 5.83. The molecule has 1 amide bonds. The largest absolute Gasteiger partial charge is 0.338 e. The smallest absolute Gasteiger partial charge is 0.257 e. The summed E-state index contributed by atoms with van der Waals surface area (Å²) in [5.74, 6) is 0.759. The van der Waals surface area contributed by atoms with E-state index in [1.807, 2.05) is 30.2 Å². The van der Waals surface area contributed by atoms with Gasteiger partial charge in [0.15, 0.2) is 0 Å². The molecule has 6 heteroatoms. The molecule has 2 fully saturated rings. The molecule has 2 saturated heterocycles. The van der Waals surface area contributed by atoms with Crippen LogP contribution < -0.4 is 0 Å². The number of rotatable bonds is 3. The molecule has 27 heavy (non-hydrogen) atoms. The Morgan fingerprint density at radius 1 is 1.07 bits per heavy atom. The Morgan fingerprint density at radius 2 is 1.85 bits per heavy atom. The lowest BCUT2D eigenvalue weighted by Gasteiger charge is -2.48. The first-order valence-corrected chi connectivity index (χ1v) is 9.84. The lowest BCUT2D eigenvalue weighted by molar-refractivity contribution is 0.0110. The Kier molecular flexibility index (Phi) is 5.16. The van der Waals surface area contributed by atoms with Crippen LogP contribution in [0.15, 0.2) is 36.8 Å². The maximum absolute atomic E-state index is 12.9. The van der Waals surface area contributed by atoms with E-state index in [0.717, 1.165) is 44.8 Å². The number of likely N-dealkylation sites (tertiary alicyclic amines) is 2. The highest BCUT2D eigenvalue weighted by Crippen LogP contribution is 2.39. The van der Waals surface area contributed by atoms with Crippen LogP contribution in [0.1, 0.15) is 47.6 Å². The van der Waals surface area contributed by atoms with Crippen LogP contribution in [0.2, 0.25) is 0 Å². The van der Waals surface area contributed by atoms with E-state index in [4.69, 9.17) is 0 Å². The third-order valence-electron chi connectivity index (χ3n) is 5.83. The van der Waals surface area contributed by atoms with Crippen molar-refractivity contribution in [2.75, 3.05) is 26.2 Å².